The molecule has 1 aliphatic rings. The zero-order valence-corrected chi connectivity index (χ0v) is 9.45. The predicted molar refractivity (Wildman–Crippen MR) is 62.0 cm³/mol. The summed E-state index contributed by atoms with van der Waals surface area (Å²) in [6.07, 6.45) is 1.87. The van der Waals surface area contributed by atoms with E-state index in [1.54, 1.807) is 0 Å². The van der Waals surface area contributed by atoms with E-state index in [1.807, 2.05) is 18.2 Å². The van der Waals surface area contributed by atoms with Gasteiger partial charge in [-0.05, 0) is 37.1 Å². The Labute approximate surface area is 95.5 Å². The van der Waals surface area contributed by atoms with Crippen molar-refractivity contribution in [3.8, 4) is 0 Å². The van der Waals surface area contributed by atoms with E-state index in [2.05, 4.69) is 11.0 Å². The summed E-state index contributed by atoms with van der Waals surface area (Å²) in [4.78, 5) is 2.28. The number of likely N-dealkylation sites (tertiary alicyclic amines) is 1. The Morgan fingerprint density at radius 3 is 3.07 bits per heavy atom. The maximum Gasteiger partial charge on any atom is 0.0667 e. The fourth-order valence-electron chi connectivity index (χ4n) is 2.07. The molecule has 1 N–H and O–H groups in total. The van der Waals surface area contributed by atoms with E-state index in [9.17, 15) is 5.11 Å². The molecule has 0 aromatic heterocycles. The topological polar surface area (TPSA) is 23.5 Å². The SMILES string of the molecule is O[C@@H]1CCCN(Cc2cccc(Cl)c2)C1. The number of benzene rings is 1. The van der Waals surface area contributed by atoms with Crippen LogP contribution in [-0.4, -0.2) is 29.2 Å². The lowest BCUT2D eigenvalue weighted by Gasteiger charge is -2.29. The smallest absolute Gasteiger partial charge is 0.0667 e. The molecule has 3 heteroatoms. The minimum Gasteiger partial charge on any atom is -0.392 e. The van der Waals surface area contributed by atoms with Crippen molar-refractivity contribution >= 4 is 11.6 Å². The molecule has 2 nitrogen and oxygen atoms in total. The van der Waals surface area contributed by atoms with Crippen molar-refractivity contribution in [2.24, 2.45) is 0 Å². The summed E-state index contributed by atoms with van der Waals surface area (Å²) in [7, 11) is 0. The number of piperidine rings is 1. The molecule has 15 heavy (non-hydrogen) atoms. The van der Waals surface area contributed by atoms with E-state index in [-0.39, 0.29) is 6.10 Å². The van der Waals surface area contributed by atoms with Gasteiger partial charge in [0, 0.05) is 18.1 Å². The molecule has 0 bridgehead atoms. The maximum atomic E-state index is 9.54. The Morgan fingerprint density at radius 1 is 1.47 bits per heavy atom. The summed E-state index contributed by atoms with van der Waals surface area (Å²) < 4.78 is 0. The second-order valence-electron chi connectivity index (χ2n) is 4.16. The maximum absolute atomic E-state index is 9.54. The molecule has 2 rings (SSSR count). The first kappa shape index (κ1) is 10.9. The highest BCUT2D eigenvalue weighted by Gasteiger charge is 2.17. The third-order valence-corrected chi connectivity index (χ3v) is 3.01. The number of halogens is 1. The normalized spacial score (nSPS) is 22.9. The van der Waals surface area contributed by atoms with Crippen LogP contribution >= 0.6 is 11.6 Å². The average Bonchev–Trinajstić information content (AvgIpc) is 2.17. The van der Waals surface area contributed by atoms with Gasteiger partial charge in [-0.25, -0.2) is 0 Å². The first-order valence-corrected chi connectivity index (χ1v) is 5.77. The molecule has 1 fully saturated rings. The molecule has 1 aromatic carbocycles. The van der Waals surface area contributed by atoms with E-state index < -0.39 is 0 Å². The van der Waals surface area contributed by atoms with Crippen molar-refractivity contribution in [3.05, 3.63) is 34.9 Å². The van der Waals surface area contributed by atoms with Crippen molar-refractivity contribution in [2.75, 3.05) is 13.1 Å². The summed E-state index contributed by atoms with van der Waals surface area (Å²) >= 11 is 5.92. The number of β-amino-alcohol motifs (C(OH)–C–C–N with tert-alkyl or cyclic N) is 1. The van der Waals surface area contributed by atoms with Crippen LogP contribution < -0.4 is 0 Å². The minimum atomic E-state index is -0.155. The Hall–Kier alpha value is -0.570. The van der Waals surface area contributed by atoms with Gasteiger partial charge in [-0.1, -0.05) is 23.7 Å². The molecular formula is C12H16ClNO. The molecule has 0 radical (unpaired) electrons. The minimum absolute atomic E-state index is 0.155. The highest BCUT2D eigenvalue weighted by Crippen LogP contribution is 2.16. The second-order valence-corrected chi connectivity index (χ2v) is 4.60. The van der Waals surface area contributed by atoms with Crippen LogP contribution in [-0.2, 0) is 6.54 Å². The van der Waals surface area contributed by atoms with Crippen LogP contribution in [0.5, 0.6) is 0 Å². The van der Waals surface area contributed by atoms with E-state index in [4.69, 9.17) is 11.6 Å². The van der Waals surface area contributed by atoms with Gasteiger partial charge in [-0.3, -0.25) is 4.90 Å². The zero-order valence-electron chi connectivity index (χ0n) is 8.69. The molecule has 0 spiro atoms. The number of hydrogen-bond donors (Lipinski definition) is 1. The van der Waals surface area contributed by atoms with Gasteiger partial charge in [0.15, 0.2) is 0 Å². The Balaban J connectivity index is 1.96. The number of rotatable bonds is 2. The first-order valence-electron chi connectivity index (χ1n) is 5.39. The third-order valence-electron chi connectivity index (χ3n) is 2.78. The van der Waals surface area contributed by atoms with Crippen LogP contribution in [0.25, 0.3) is 0 Å². The van der Waals surface area contributed by atoms with Gasteiger partial charge in [0.2, 0.25) is 0 Å². The molecule has 0 unspecified atom stereocenters. The van der Waals surface area contributed by atoms with Crippen LogP contribution in [0.3, 0.4) is 0 Å². The Morgan fingerprint density at radius 2 is 2.33 bits per heavy atom. The molecule has 1 aromatic rings. The molecular weight excluding hydrogens is 210 g/mol. The third kappa shape index (κ3) is 3.20. The van der Waals surface area contributed by atoms with Gasteiger partial charge < -0.3 is 5.11 Å². The molecule has 1 atom stereocenters. The number of aliphatic hydroxyl groups is 1. The summed E-state index contributed by atoms with van der Waals surface area (Å²) in [5, 5.41) is 10.3. The van der Waals surface area contributed by atoms with E-state index in [0.717, 1.165) is 37.5 Å². The van der Waals surface area contributed by atoms with Crippen LogP contribution in [0.2, 0.25) is 5.02 Å². The van der Waals surface area contributed by atoms with E-state index >= 15 is 0 Å². The van der Waals surface area contributed by atoms with Gasteiger partial charge in [0.25, 0.3) is 0 Å². The highest BCUT2D eigenvalue weighted by molar-refractivity contribution is 6.30. The fraction of sp³-hybridized carbons (Fsp3) is 0.500. The van der Waals surface area contributed by atoms with Gasteiger partial charge in [0.05, 0.1) is 6.10 Å². The van der Waals surface area contributed by atoms with Crippen LogP contribution in [0, 0.1) is 0 Å². The van der Waals surface area contributed by atoms with Crippen molar-refractivity contribution in [3.63, 3.8) is 0 Å². The lowest BCUT2D eigenvalue weighted by molar-refractivity contribution is 0.0668. The molecule has 0 saturated carbocycles. The average molecular weight is 226 g/mol. The first-order chi connectivity index (χ1) is 7.24. The monoisotopic (exact) mass is 225 g/mol. The van der Waals surface area contributed by atoms with Gasteiger partial charge in [0.1, 0.15) is 0 Å². The van der Waals surface area contributed by atoms with Crippen molar-refractivity contribution < 1.29 is 5.11 Å². The summed E-state index contributed by atoms with van der Waals surface area (Å²) in [6, 6.07) is 7.92. The highest BCUT2D eigenvalue weighted by atomic mass is 35.5. The molecule has 0 amide bonds. The summed E-state index contributed by atoms with van der Waals surface area (Å²) in [5.74, 6) is 0. The van der Waals surface area contributed by atoms with Crippen molar-refractivity contribution in [1.29, 1.82) is 0 Å². The molecule has 1 aliphatic heterocycles. The molecule has 1 heterocycles. The van der Waals surface area contributed by atoms with E-state index in [0.29, 0.717) is 0 Å². The van der Waals surface area contributed by atoms with Crippen LogP contribution in [0.4, 0.5) is 0 Å². The van der Waals surface area contributed by atoms with Gasteiger partial charge in [-0.2, -0.15) is 0 Å². The van der Waals surface area contributed by atoms with Gasteiger partial charge >= 0.3 is 0 Å². The standard InChI is InChI=1S/C12H16ClNO/c13-11-4-1-3-10(7-11)8-14-6-2-5-12(15)9-14/h1,3-4,7,12,15H,2,5-6,8-9H2/t12-/m1/s1. The molecule has 1 saturated heterocycles. The van der Waals surface area contributed by atoms with Crippen LogP contribution in [0.1, 0.15) is 18.4 Å². The number of nitrogens with zero attached hydrogens (tertiary/aromatic N) is 1. The van der Waals surface area contributed by atoms with Crippen LogP contribution in [0.15, 0.2) is 24.3 Å². The second kappa shape index (κ2) is 4.97. The number of hydrogen-bond acceptors (Lipinski definition) is 2. The largest absolute Gasteiger partial charge is 0.392 e. The van der Waals surface area contributed by atoms with Gasteiger partial charge in [-0.15, -0.1) is 0 Å². The zero-order chi connectivity index (χ0) is 10.7. The van der Waals surface area contributed by atoms with Crippen molar-refractivity contribution in [2.45, 2.75) is 25.5 Å². The summed E-state index contributed by atoms with van der Waals surface area (Å²) in [5.41, 5.74) is 1.22. The quantitative estimate of drug-likeness (QED) is 0.835. The molecule has 0 aliphatic carbocycles. The lowest BCUT2D eigenvalue weighted by Crippen LogP contribution is -2.37. The van der Waals surface area contributed by atoms with Crippen molar-refractivity contribution in [1.82, 2.24) is 4.90 Å². The predicted octanol–water partition coefficient (Wildman–Crippen LogP) is 2.30. The number of aliphatic hydroxyl groups excluding tert-OH is 1. The van der Waals surface area contributed by atoms with E-state index in [1.165, 1.54) is 5.56 Å². The lowest BCUT2D eigenvalue weighted by atomic mass is 10.1. The Kier molecular flexibility index (Phi) is 3.62. The summed E-state index contributed by atoms with van der Waals surface area (Å²) in [6.45, 7) is 2.74. The Bertz CT molecular complexity index is 329. The molecule has 82 valence electrons. The fourth-order valence-corrected chi connectivity index (χ4v) is 2.28.